The van der Waals surface area contributed by atoms with Crippen LogP contribution >= 0.6 is 0 Å². The van der Waals surface area contributed by atoms with Crippen LogP contribution in [-0.2, 0) is 9.59 Å². The smallest absolute Gasteiger partial charge is 0.244 e. The summed E-state index contributed by atoms with van der Waals surface area (Å²) < 4.78 is 0. The van der Waals surface area contributed by atoms with Crippen LogP contribution in [0, 0.1) is 6.92 Å². The lowest BCUT2D eigenvalue weighted by molar-refractivity contribution is -0.123. The fourth-order valence-corrected chi connectivity index (χ4v) is 1.40. The van der Waals surface area contributed by atoms with Crippen molar-refractivity contribution in [2.24, 2.45) is 0 Å². The van der Waals surface area contributed by atoms with Crippen molar-refractivity contribution in [2.75, 3.05) is 13.1 Å². The molecule has 0 saturated heterocycles. The Morgan fingerprint density at radius 1 is 1.16 bits per heavy atom. The quantitative estimate of drug-likeness (QED) is 0.764. The minimum absolute atomic E-state index is 0.0110. The summed E-state index contributed by atoms with van der Waals surface area (Å²) in [5, 5.41) is 5.23. The van der Waals surface area contributed by atoms with Gasteiger partial charge in [0.05, 0.1) is 6.54 Å². The van der Waals surface area contributed by atoms with Crippen LogP contribution in [-0.4, -0.2) is 24.9 Å². The van der Waals surface area contributed by atoms with Crippen LogP contribution < -0.4 is 10.6 Å². The molecule has 102 valence electrons. The molecule has 1 aromatic carbocycles. The molecular weight excluding hydrogens is 240 g/mol. The first kappa shape index (κ1) is 15.0. The van der Waals surface area contributed by atoms with Crippen LogP contribution in [0.3, 0.4) is 0 Å². The second-order valence-electron chi connectivity index (χ2n) is 4.31. The summed E-state index contributed by atoms with van der Waals surface area (Å²) in [5.74, 6) is -0.439. The number of hydrogen-bond acceptors (Lipinski definition) is 2. The van der Waals surface area contributed by atoms with E-state index in [4.69, 9.17) is 0 Å². The summed E-state index contributed by atoms with van der Waals surface area (Å²) in [4.78, 5) is 22.8. The highest BCUT2D eigenvalue weighted by atomic mass is 16.2. The Morgan fingerprint density at radius 2 is 1.84 bits per heavy atom. The van der Waals surface area contributed by atoms with Crippen LogP contribution in [0.15, 0.2) is 30.3 Å². The van der Waals surface area contributed by atoms with Crippen LogP contribution in [0.4, 0.5) is 0 Å². The lowest BCUT2D eigenvalue weighted by Crippen LogP contribution is -2.36. The summed E-state index contributed by atoms with van der Waals surface area (Å²) in [7, 11) is 0. The molecule has 0 aliphatic heterocycles. The van der Waals surface area contributed by atoms with Gasteiger partial charge in [-0.2, -0.15) is 0 Å². The molecule has 0 unspecified atom stereocenters. The summed E-state index contributed by atoms with van der Waals surface area (Å²) in [6.45, 7) is 4.63. The zero-order valence-electron chi connectivity index (χ0n) is 11.4. The van der Waals surface area contributed by atoms with E-state index in [0.29, 0.717) is 6.54 Å². The van der Waals surface area contributed by atoms with Gasteiger partial charge in [0.2, 0.25) is 11.8 Å². The average molecular weight is 260 g/mol. The van der Waals surface area contributed by atoms with E-state index >= 15 is 0 Å². The van der Waals surface area contributed by atoms with Crippen LogP contribution in [0.1, 0.15) is 24.5 Å². The first-order chi connectivity index (χ1) is 9.11. The first-order valence-electron chi connectivity index (χ1n) is 6.41. The second kappa shape index (κ2) is 8.08. The van der Waals surface area contributed by atoms with Crippen molar-refractivity contribution >= 4 is 17.9 Å². The molecule has 0 heterocycles. The van der Waals surface area contributed by atoms with Gasteiger partial charge in [-0.1, -0.05) is 36.8 Å². The summed E-state index contributed by atoms with van der Waals surface area (Å²) >= 11 is 0. The van der Waals surface area contributed by atoms with Gasteiger partial charge in [-0.3, -0.25) is 9.59 Å². The number of hydrogen-bond donors (Lipinski definition) is 2. The Kier molecular flexibility index (Phi) is 6.36. The molecular formula is C15H20N2O2. The van der Waals surface area contributed by atoms with E-state index in [1.165, 1.54) is 11.6 Å². The van der Waals surface area contributed by atoms with E-state index in [2.05, 4.69) is 10.6 Å². The number of benzene rings is 1. The number of carbonyl (C=O) groups is 2. The van der Waals surface area contributed by atoms with E-state index in [1.54, 1.807) is 6.08 Å². The maximum atomic E-state index is 11.5. The molecule has 4 nitrogen and oxygen atoms in total. The van der Waals surface area contributed by atoms with Crippen molar-refractivity contribution < 1.29 is 9.59 Å². The van der Waals surface area contributed by atoms with Gasteiger partial charge in [0.1, 0.15) is 0 Å². The number of rotatable bonds is 6. The van der Waals surface area contributed by atoms with Gasteiger partial charge in [0.25, 0.3) is 0 Å². The highest BCUT2D eigenvalue weighted by molar-refractivity contribution is 5.94. The Morgan fingerprint density at radius 3 is 2.47 bits per heavy atom. The maximum Gasteiger partial charge on any atom is 0.244 e. The van der Waals surface area contributed by atoms with E-state index in [1.807, 2.05) is 38.1 Å². The van der Waals surface area contributed by atoms with Crippen molar-refractivity contribution in [1.82, 2.24) is 10.6 Å². The molecule has 2 amide bonds. The lowest BCUT2D eigenvalue weighted by atomic mass is 10.1. The van der Waals surface area contributed by atoms with Crippen LogP contribution in [0.25, 0.3) is 6.08 Å². The highest BCUT2D eigenvalue weighted by Crippen LogP contribution is 2.04. The van der Waals surface area contributed by atoms with E-state index in [-0.39, 0.29) is 18.4 Å². The topological polar surface area (TPSA) is 58.2 Å². The van der Waals surface area contributed by atoms with Gasteiger partial charge < -0.3 is 10.6 Å². The molecule has 4 heteroatoms. The minimum Gasteiger partial charge on any atom is -0.355 e. The van der Waals surface area contributed by atoms with Crippen LogP contribution in [0.2, 0.25) is 0 Å². The zero-order valence-corrected chi connectivity index (χ0v) is 11.4. The monoisotopic (exact) mass is 260 g/mol. The van der Waals surface area contributed by atoms with Crippen molar-refractivity contribution in [3.05, 3.63) is 41.5 Å². The summed E-state index contributed by atoms with van der Waals surface area (Å²) in [6.07, 6.45) is 4.03. The van der Waals surface area contributed by atoms with Crippen molar-refractivity contribution in [2.45, 2.75) is 20.3 Å². The molecule has 0 spiro atoms. The highest BCUT2D eigenvalue weighted by Gasteiger charge is 2.01. The molecule has 0 fully saturated rings. The SMILES string of the molecule is CCCNC(=O)CNC(=O)/C=C/c1ccc(C)cc1. The Bertz CT molecular complexity index is 450. The third-order valence-electron chi connectivity index (χ3n) is 2.50. The molecule has 0 bridgehead atoms. The molecule has 2 N–H and O–H groups in total. The standard InChI is InChI=1S/C15H20N2O2/c1-3-10-16-15(19)11-17-14(18)9-8-13-6-4-12(2)5-7-13/h4-9H,3,10-11H2,1-2H3,(H,16,19)(H,17,18)/b9-8+. The summed E-state index contributed by atoms with van der Waals surface area (Å²) in [6, 6.07) is 7.84. The van der Waals surface area contributed by atoms with E-state index in [0.717, 1.165) is 12.0 Å². The number of aryl methyl sites for hydroxylation is 1. The molecule has 1 rings (SSSR count). The van der Waals surface area contributed by atoms with Crippen molar-refractivity contribution in [3.63, 3.8) is 0 Å². The van der Waals surface area contributed by atoms with Crippen molar-refractivity contribution in [3.8, 4) is 0 Å². The minimum atomic E-state index is -0.271. The number of carbonyl (C=O) groups excluding carboxylic acids is 2. The summed E-state index contributed by atoms with van der Waals surface area (Å²) in [5.41, 5.74) is 2.13. The van der Waals surface area contributed by atoms with Gasteiger partial charge in [0, 0.05) is 12.6 Å². The normalized spacial score (nSPS) is 10.4. The molecule has 1 aromatic rings. The van der Waals surface area contributed by atoms with E-state index < -0.39 is 0 Å². The predicted molar refractivity (Wildman–Crippen MR) is 76.5 cm³/mol. The fourth-order valence-electron chi connectivity index (χ4n) is 1.40. The largest absolute Gasteiger partial charge is 0.355 e. The molecule has 0 aliphatic rings. The average Bonchev–Trinajstić information content (AvgIpc) is 2.42. The predicted octanol–water partition coefficient (Wildman–Crippen LogP) is 1.65. The molecule has 0 atom stereocenters. The maximum absolute atomic E-state index is 11.5. The van der Waals surface area contributed by atoms with Gasteiger partial charge >= 0.3 is 0 Å². The number of nitrogens with one attached hydrogen (secondary N) is 2. The Labute approximate surface area is 113 Å². The number of amides is 2. The Hall–Kier alpha value is -2.10. The first-order valence-corrected chi connectivity index (χ1v) is 6.41. The van der Waals surface area contributed by atoms with Gasteiger partial charge in [-0.15, -0.1) is 0 Å². The van der Waals surface area contributed by atoms with Gasteiger partial charge in [-0.25, -0.2) is 0 Å². The molecule has 0 saturated carbocycles. The Balaban J connectivity index is 2.34. The molecule has 0 aromatic heterocycles. The van der Waals surface area contributed by atoms with Gasteiger partial charge in [-0.05, 0) is 25.0 Å². The van der Waals surface area contributed by atoms with Crippen LogP contribution in [0.5, 0.6) is 0 Å². The third-order valence-corrected chi connectivity index (χ3v) is 2.50. The van der Waals surface area contributed by atoms with E-state index in [9.17, 15) is 9.59 Å². The third kappa shape index (κ3) is 6.41. The molecule has 19 heavy (non-hydrogen) atoms. The van der Waals surface area contributed by atoms with Crippen molar-refractivity contribution in [1.29, 1.82) is 0 Å². The molecule has 0 radical (unpaired) electrons. The second-order valence-corrected chi connectivity index (χ2v) is 4.31. The van der Waals surface area contributed by atoms with Gasteiger partial charge in [0.15, 0.2) is 0 Å². The fraction of sp³-hybridized carbons (Fsp3) is 0.333. The zero-order chi connectivity index (χ0) is 14.1. The molecule has 0 aliphatic carbocycles. The lowest BCUT2D eigenvalue weighted by Gasteiger charge is -2.03.